The van der Waals surface area contributed by atoms with E-state index in [0.717, 1.165) is 10.8 Å². The molecule has 2 rings (SSSR count). The second kappa shape index (κ2) is 5.85. The van der Waals surface area contributed by atoms with Gasteiger partial charge in [-0.15, -0.1) is 0 Å². The van der Waals surface area contributed by atoms with Crippen molar-refractivity contribution in [3.63, 3.8) is 0 Å². The number of rotatable bonds is 4. The van der Waals surface area contributed by atoms with E-state index in [1.165, 1.54) is 5.56 Å². The van der Waals surface area contributed by atoms with Gasteiger partial charge in [0.25, 0.3) is 0 Å². The molecule has 2 N–H and O–H groups in total. The Morgan fingerprint density at radius 1 is 1.21 bits per heavy atom. The number of fused-ring (bicyclic) bond motifs is 1. The Labute approximate surface area is 113 Å². The zero-order chi connectivity index (χ0) is 13.8. The van der Waals surface area contributed by atoms with E-state index in [1.54, 1.807) is 6.92 Å². The summed E-state index contributed by atoms with van der Waals surface area (Å²) in [5.41, 5.74) is 6.90. The Kier molecular flexibility index (Phi) is 4.17. The molecule has 3 nitrogen and oxygen atoms in total. The van der Waals surface area contributed by atoms with Crippen LogP contribution >= 0.6 is 0 Å². The van der Waals surface area contributed by atoms with Crippen molar-refractivity contribution in [3.8, 4) is 5.75 Å². The molecule has 0 saturated heterocycles. The molecule has 0 aliphatic rings. The van der Waals surface area contributed by atoms with Gasteiger partial charge in [0, 0.05) is 6.42 Å². The number of ether oxygens (including phenoxy) is 1. The van der Waals surface area contributed by atoms with Gasteiger partial charge in [-0.2, -0.15) is 0 Å². The maximum absolute atomic E-state index is 11.3. The molecule has 0 radical (unpaired) electrons. The van der Waals surface area contributed by atoms with Crippen molar-refractivity contribution in [1.29, 1.82) is 0 Å². The van der Waals surface area contributed by atoms with Crippen LogP contribution in [-0.4, -0.2) is 12.5 Å². The molecule has 2 aromatic rings. The van der Waals surface area contributed by atoms with E-state index < -0.39 is 0 Å². The van der Waals surface area contributed by atoms with Gasteiger partial charge in [-0.1, -0.05) is 38.1 Å². The lowest BCUT2D eigenvalue weighted by Crippen LogP contribution is -2.08. The van der Waals surface area contributed by atoms with Crippen molar-refractivity contribution in [3.05, 3.63) is 42.0 Å². The van der Waals surface area contributed by atoms with E-state index in [2.05, 4.69) is 25.1 Å². The smallest absolute Gasteiger partial charge is 0.310 e. The average Bonchev–Trinajstić information content (AvgIpc) is 2.45. The average molecular weight is 257 g/mol. The highest BCUT2D eigenvalue weighted by molar-refractivity contribution is 5.85. The van der Waals surface area contributed by atoms with Crippen LogP contribution in [0.3, 0.4) is 0 Å². The van der Waals surface area contributed by atoms with E-state index in [-0.39, 0.29) is 5.97 Å². The third kappa shape index (κ3) is 3.12. The number of hydrogen-bond acceptors (Lipinski definition) is 3. The van der Waals surface area contributed by atoms with Crippen LogP contribution in [0.4, 0.5) is 0 Å². The van der Waals surface area contributed by atoms with Crippen LogP contribution in [0.1, 0.15) is 31.7 Å². The number of nitrogens with two attached hydrogens (primary N) is 1. The lowest BCUT2D eigenvalue weighted by atomic mass is 9.98. The molecular formula is C16H19NO2. The van der Waals surface area contributed by atoms with Crippen LogP contribution in [0.25, 0.3) is 10.8 Å². The zero-order valence-electron chi connectivity index (χ0n) is 11.3. The Morgan fingerprint density at radius 3 is 2.63 bits per heavy atom. The van der Waals surface area contributed by atoms with Crippen molar-refractivity contribution < 1.29 is 9.53 Å². The Balaban J connectivity index is 2.36. The van der Waals surface area contributed by atoms with Crippen molar-refractivity contribution >= 4 is 16.7 Å². The minimum atomic E-state index is -0.217. The molecule has 0 bridgehead atoms. The standard InChI is InChI=1S/C16H19NO2/c1-3-16(18)19-15-7-6-12-4-5-13(11(2)10-17)8-14(12)9-15/h4-9,11H,3,10,17H2,1-2H3. The molecule has 0 heterocycles. The number of benzene rings is 2. The molecule has 1 unspecified atom stereocenters. The van der Waals surface area contributed by atoms with Crippen LogP contribution in [0.5, 0.6) is 5.75 Å². The first kappa shape index (κ1) is 13.6. The van der Waals surface area contributed by atoms with Crippen molar-refractivity contribution in [2.75, 3.05) is 6.54 Å². The van der Waals surface area contributed by atoms with Gasteiger partial charge in [0.05, 0.1) is 0 Å². The van der Waals surface area contributed by atoms with Gasteiger partial charge in [-0.05, 0) is 40.9 Å². The Hall–Kier alpha value is -1.87. The number of esters is 1. The van der Waals surface area contributed by atoms with Crippen LogP contribution < -0.4 is 10.5 Å². The third-order valence-electron chi connectivity index (χ3n) is 3.28. The quantitative estimate of drug-likeness (QED) is 0.676. The zero-order valence-corrected chi connectivity index (χ0v) is 11.3. The number of hydrogen-bond donors (Lipinski definition) is 1. The molecule has 19 heavy (non-hydrogen) atoms. The lowest BCUT2D eigenvalue weighted by molar-refractivity contribution is -0.134. The normalized spacial score (nSPS) is 12.4. The van der Waals surface area contributed by atoms with Crippen LogP contribution in [0.15, 0.2) is 36.4 Å². The molecule has 1 atom stereocenters. The van der Waals surface area contributed by atoms with Gasteiger partial charge >= 0.3 is 5.97 Å². The molecule has 0 aliphatic carbocycles. The second-order valence-electron chi connectivity index (χ2n) is 4.73. The van der Waals surface area contributed by atoms with Gasteiger partial charge in [0.15, 0.2) is 0 Å². The summed E-state index contributed by atoms with van der Waals surface area (Å²) in [6.07, 6.45) is 0.377. The summed E-state index contributed by atoms with van der Waals surface area (Å²) in [6, 6.07) is 12.0. The summed E-state index contributed by atoms with van der Waals surface area (Å²) in [4.78, 5) is 11.3. The van der Waals surface area contributed by atoms with E-state index in [4.69, 9.17) is 10.5 Å². The SMILES string of the molecule is CCC(=O)Oc1ccc2ccc(C(C)CN)cc2c1. The molecule has 0 aliphatic heterocycles. The van der Waals surface area contributed by atoms with Crippen LogP contribution in [-0.2, 0) is 4.79 Å². The summed E-state index contributed by atoms with van der Waals surface area (Å²) in [5.74, 6) is 0.703. The second-order valence-corrected chi connectivity index (χ2v) is 4.73. The first-order chi connectivity index (χ1) is 9.13. The largest absolute Gasteiger partial charge is 0.427 e. The van der Waals surface area contributed by atoms with Gasteiger partial charge < -0.3 is 10.5 Å². The number of carbonyl (C=O) groups is 1. The maximum Gasteiger partial charge on any atom is 0.310 e. The third-order valence-corrected chi connectivity index (χ3v) is 3.28. The predicted molar refractivity (Wildman–Crippen MR) is 77.3 cm³/mol. The molecule has 0 spiro atoms. The van der Waals surface area contributed by atoms with Crippen LogP contribution in [0, 0.1) is 0 Å². The van der Waals surface area contributed by atoms with Gasteiger partial charge in [0.1, 0.15) is 5.75 Å². The minimum absolute atomic E-state index is 0.217. The molecule has 0 amide bonds. The molecule has 2 aromatic carbocycles. The molecule has 100 valence electrons. The summed E-state index contributed by atoms with van der Waals surface area (Å²) < 4.78 is 5.23. The summed E-state index contributed by atoms with van der Waals surface area (Å²) in [6.45, 7) is 4.50. The van der Waals surface area contributed by atoms with E-state index in [0.29, 0.717) is 24.6 Å². The highest BCUT2D eigenvalue weighted by atomic mass is 16.5. The fraction of sp³-hybridized carbons (Fsp3) is 0.312. The topological polar surface area (TPSA) is 52.3 Å². The van der Waals surface area contributed by atoms with Gasteiger partial charge in [0.2, 0.25) is 0 Å². The minimum Gasteiger partial charge on any atom is -0.427 e. The first-order valence-corrected chi connectivity index (χ1v) is 6.58. The van der Waals surface area contributed by atoms with Gasteiger partial charge in [-0.25, -0.2) is 0 Å². The molecular weight excluding hydrogens is 238 g/mol. The van der Waals surface area contributed by atoms with E-state index in [1.807, 2.05) is 18.2 Å². The summed E-state index contributed by atoms with van der Waals surface area (Å²) in [5, 5.41) is 2.20. The highest BCUT2D eigenvalue weighted by Gasteiger charge is 2.06. The van der Waals surface area contributed by atoms with E-state index in [9.17, 15) is 4.79 Å². The summed E-state index contributed by atoms with van der Waals surface area (Å²) in [7, 11) is 0. The monoisotopic (exact) mass is 257 g/mol. The lowest BCUT2D eigenvalue weighted by Gasteiger charge is -2.10. The molecule has 3 heteroatoms. The van der Waals surface area contributed by atoms with E-state index >= 15 is 0 Å². The van der Waals surface area contributed by atoms with Gasteiger partial charge in [-0.3, -0.25) is 4.79 Å². The summed E-state index contributed by atoms with van der Waals surface area (Å²) >= 11 is 0. The molecule has 0 fully saturated rings. The maximum atomic E-state index is 11.3. The number of carbonyl (C=O) groups excluding carboxylic acids is 1. The fourth-order valence-corrected chi connectivity index (χ4v) is 1.95. The Bertz CT molecular complexity index is 592. The Morgan fingerprint density at radius 2 is 1.95 bits per heavy atom. The van der Waals surface area contributed by atoms with Crippen molar-refractivity contribution in [2.24, 2.45) is 5.73 Å². The highest BCUT2D eigenvalue weighted by Crippen LogP contribution is 2.25. The first-order valence-electron chi connectivity index (χ1n) is 6.58. The molecule has 0 saturated carbocycles. The van der Waals surface area contributed by atoms with Crippen molar-refractivity contribution in [2.45, 2.75) is 26.2 Å². The van der Waals surface area contributed by atoms with Crippen molar-refractivity contribution in [1.82, 2.24) is 0 Å². The fourth-order valence-electron chi connectivity index (χ4n) is 1.95. The molecule has 0 aromatic heterocycles. The van der Waals surface area contributed by atoms with Crippen LogP contribution in [0.2, 0.25) is 0 Å². The predicted octanol–water partition coefficient (Wildman–Crippen LogP) is 3.22.